The van der Waals surface area contributed by atoms with Gasteiger partial charge in [-0.05, 0) is 93.3 Å². The van der Waals surface area contributed by atoms with Gasteiger partial charge in [0.25, 0.3) is 0 Å². The number of anilines is 3. The normalized spacial score (nSPS) is 10.9. The van der Waals surface area contributed by atoms with E-state index in [-0.39, 0.29) is 17.2 Å². The van der Waals surface area contributed by atoms with E-state index in [1.54, 1.807) is 37.3 Å². The number of aromatic hydroxyl groups is 3. The summed E-state index contributed by atoms with van der Waals surface area (Å²) in [5.74, 6) is 1.49. The fourth-order valence-corrected chi connectivity index (χ4v) is 4.03. The Bertz CT molecular complexity index is 1320. The van der Waals surface area contributed by atoms with Crippen LogP contribution >= 0.6 is 0 Å². The molecule has 0 saturated carbocycles. The molecular weight excluding hydrogens is 426 g/mol. The highest BCUT2D eigenvalue weighted by atomic mass is 16.5. The van der Waals surface area contributed by atoms with Crippen molar-refractivity contribution in [3.63, 3.8) is 0 Å². The summed E-state index contributed by atoms with van der Waals surface area (Å²) in [6.45, 7) is 9.68. The summed E-state index contributed by atoms with van der Waals surface area (Å²) >= 11 is 0. The molecule has 0 aliphatic rings. The van der Waals surface area contributed by atoms with Crippen LogP contribution in [0.5, 0.6) is 28.7 Å². The van der Waals surface area contributed by atoms with Gasteiger partial charge >= 0.3 is 0 Å². The van der Waals surface area contributed by atoms with Gasteiger partial charge in [0.1, 0.15) is 28.7 Å². The topological polar surface area (TPSA) is 73.2 Å². The maximum atomic E-state index is 10.9. The Balaban J connectivity index is 1.93. The molecule has 4 rings (SSSR count). The largest absolute Gasteiger partial charge is 0.508 e. The Morgan fingerprint density at radius 1 is 0.588 bits per heavy atom. The van der Waals surface area contributed by atoms with Gasteiger partial charge in [-0.1, -0.05) is 24.3 Å². The Morgan fingerprint density at radius 2 is 1.15 bits per heavy atom. The van der Waals surface area contributed by atoms with E-state index in [1.165, 1.54) is 0 Å². The first-order valence-corrected chi connectivity index (χ1v) is 11.1. The zero-order valence-electron chi connectivity index (χ0n) is 20.0. The van der Waals surface area contributed by atoms with Gasteiger partial charge < -0.3 is 25.0 Å². The molecule has 4 aromatic rings. The average Bonchev–Trinajstić information content (AvgIpc) is 2.81. The molecule has 0 bridgehead atoms. The van der Waals surface area contributed by atoms with Crippen molar-refractivity contribution >= 4 is 17.1 Å². The summed E-state index contributed by atoms with van der Waals surface area (Å²) in [5.41, 5.74) is 6.37. The molecule has 0 radical (unpaired) electrons. The van der Waals surface area contributed by atoms with Gasteiger partial charge in [-0.2, -0.15) is 0 Å². The Kier molecular flexibility index (Phi) is 6.12. The second-order valence-electron chi connectivity index (χ2n) is 8.59. The summed E-state index contributed by atoms with van der Waals surface area (Å²) in [4.78, 5) is 1.87. The zero-order valence-corrected chi connectivity index (χ0v) is 20.0. The molecule has 5 heteroatoms. The maximum absolute atomic E-state index is 10.9. The van der Waals surface area contributed by atoms with E-state index in [9.17, 15) is 15.3 Å². The van der Waals surface area contributed by atoms with Crippen molar-refractivity contribution in [3.8, 4) is 28.7 Å². The third-order valence-electron chi connectivity index (χ3n) is 6.37. The van der Waals surface area contributed by atoms with E-state index in [1.807, 2.05) is 69.0 Å². The highest BCUT2D eigenvalue weighted by molar-refractivity contribution is 5.87. The molecule has 0 spiro atoms. The predicted molar refractivity (Wildman–Crippen MR) is 136 cm³/mol. The molecule has 5 nitrogen and oxygen atoms in total. The van der Waals surface area contributed by atoms with E-state index in [0.717, 1.165) is 22.3 Å². The fourth-order valence-electron chi connectivity index (χ4n) is 4.03. The highest BCUT2D eigenvalue weighted by Gasteiger charge is 2.24. The summed E-state index contributed by atoms with van der Waals surface area (Å²) in [5, 5.41) is 31.9. The molecule has 0 fully saturated rings. The summed E-state index contributed by atoms with van der Waals surface area (Å²) < 4.78 is 6.11. The fraction of sp³-hybridized carbons (Fsp3) is 0.172. The first-order chi connectivity index (χ1) is 16.2. The van der Waals surface area contributed by atoms with Crippen LogP contribution in [0, 0.1) is 34.6 Å². The number of hydrogen-bond donors (Lipinski definition) is 3. The van der Waals surface area contributed by atoms with Gasteiger partial charge in [0.2, 0.25) is 0 Å². The third kappa shape index (κ3) is 4.13. The Morgan fingerprint density at radius 3 is 1.74 bits per heavy atom. The monoisotopic (exact) mass is 455 g/mol. The lowest BCUT2D eigenvalue weighted by atomic mass is 10.0. The molecule has 3 N–H and O–H groups in total. The summed E-state index contributed by atoms with van der Waals surface area (Å²) in [6.07, 6.45) is 0. The first-order valence-electron chi connectivity index (χ1n) is 11.1. The molecule has 0 aliphatic carbocycles. The minimum atomic E-state index is 0.110. The second kappa shape index (κ2) is 9.02. The number of phenols is 3. The van der Waals surface area contributed by atoms with Crippen LogP contribution in [0.4, 0.5) is 17.1 Å². The molecule has 4 aromatic carbocycles. The highest BCUT2D eigenvalue weighted by Crippen LogP contribution is 2.48. The van der Waals surface area contributed by atoms with Crippen LogP contribution < -0.4 is 9.64 Å². The number of benzene rings is 4. The van der Waals surface area contributed by atoms with Crippen molar-refractivity contribution in [3.05, 3.63) is 94.5 Å². The van der Waals surface area contributed by atoms with E-state index >= 15 is 0 Å². The lowest BCUT2D eigenvalue weighted by Crippen LogP contribution is -2.14. The molecule has 0 aliphatic heterocycles. The number of nitrogens with zero attached hydrogens (tertiary/aromatic N) is 1. The number of ether oxygens (including phenoxy) is 1. The Hall–Kier alpha value is -4.12. The molecule has 0 amide bonds. The van der Waals surface area contributed by atoms with Crippen molar-refractivity contribution in [2.45, 2.75) is 34.6 Å². The minimum Gasteiger partial charge on any atom is -0.508 e. The van der Waals surface area contributed by atoms with Crippen molar-refractivity contribution in [2.75, 3.05) is 4.90 Å². The van der Waals surface area contributed by atoms with Crippen LogP contribution in [0.2, 0.25) is 0 Å². The number of aryl methyl sites for hydroxylation is 2. The lowest BCUT2D eigenvalue weighted by molar-refractivity contribution is 0.448. The SMILES string of the molecule is Cc1ccc(O)c(N(c2cccc(Oc3cccc(O)c3C)c2)c2c(O)ccc(C)c2C)c1C. The van der Waals surface area contributed by atoms with Crippen LogP contribution in [-0.2, 0) is 0 Å². The molecular formula is C29H29NO4. The Labute approximate surface area is 200 Å². The standard InChI is InChI=1S/C29H29NO4/c1-17-12-14-25(32)28(19(17)3)30(29-20(4)18(2)13-15-26(29)33)22-8-6-9-23(16-22)34-27-11-7-10-24(31)21(27)5/h6-16,31-33H,1-5H3. The van der Waals surface area contributed by atoms with E-state index in [4.69, 9.17) is 4.74 Å². The van der Waals surface area contributed by atoms with Crippen LogP contribution in [0.1, 0.15) is 27.8 Å². The molecule has 0 atom stereocenters. The number of rotatable bonds is 5. The summed E-state index contributed by atoms with van der Waals surface area (Å²) in [7, 11) is 0. The third-order valence-corrected chi connectivity index (χ3v) is 6.37. The van der Waals surface area contributed by atoms with E-state index in [0.29, 0.717) is 34.1 Å². The quantitative estimate of drug-likeness (QED) is 0.289. The van der Waals surface area contributed by atoms with Gasteiger partial charge in [-0.25, -0.2) is 0 Å². The number of phenolic OH excluding ortho intramolecular Hbond substituents is 3. The van der Waals surface area contributed by atoms with Crippen LogP contribution in [-0.4, -0.2) is 15.3 Å². The number of hydrogen-bond acceptors (Lipinski definition) is 5. The molecule has 34 heavy (non-hydrogen) atoms. The lowest BCUT2D eigenvalue weighted by Gasteiger charge is -2.31. The van der Waals surface area contributed by atoms with Crippen LogP contribution in [0.3, 0.4) is 0 Å². The molecule has 0 heterocycles. The van der Waals surface area contributed by atoms with Crippen LogP contribution in [0.15, 0.2) is 66.7 Å². The van der Waals surface area contributed by atoms with Gasteiger partial charge in [0.15, 0.2) is 0 Å². The van der Waals surface area contributed by atoms with Crippen molar-refractivity contribution < 1.29 is 20.1 Å². The maximum Gasteiger partial charge on any atom is 0.139 e. The van der Waals surface area contributed by atoms with Gasteiger partial charge in [-0.15, -0.1) is 0 Å². The molecule has 0 aromatic heterocycles. The average molecular weight is 456 g/mol. The van der Waals surface area contributed by atoms with E-state index < -0.39 is 0 Å². The molecule has 174 valence electrons. The van der Waals surface area contributed by atoms with Gasteiger partial charge in [0, 0.05) is 11.6 Å². The zero-order chi connectivity index (χ0) is 24.6. The second-order valence-corrected chi connectivity index (χ2v) is 8.59. The van der Waals surface area contributed by atoms with Gasteiger partial charge in [0.05, 0.1) is 17.1 Å². The summed E-state index contributed by atoms with van der Waals surface area (Å²) in [6, 6.07) is 19.7. The predicted octanol–water partition coefficient (Wildman–Crippen LogP) is 7.61. The first kappa shape index (κ1) is 23.1. The van der Waals surface area contributed by atoms with E-state index in [2.05, 4.69) is 0 Å². The van der Waals surface area contributed by atoms with Gasteiger partial charge in [-0.3, -0.25) is 0 Å². The van der Waals surface area contributed by atoms with Crippen molar-refractivity contribution in [2.24, 2.45) is 0 Å². The van der Waals surface area contributed by atoms with Crippen molar-refractivity contribution in [1.29, 1.82) is 0 Å². The van der Waals surface area contributed by atoms with Crippen molar-refractivity contribution in [1.82, 2.24) is 0 Å². The molecule has 0 unspecified atom stereocenters. The minimum absolute atomic E-state index is 0.110. The smallest absolute Gasteiger partial charge is 0.139 e. The van der Waals surface area contributed by atoms with Crippen LogP contribution in [0.25, 0.3) is 0 Å². The molecule has 0 saturated heterocycles.